The summed E-state index contributed by atoms with van der Waals surface area (Å²) in [7, 11) is 0. The second-order valence-electron chi connectivity index (χ2n) is 6.34. The second-order valence-corrected chi connectivity index (χ2v) is 6.34. The van der Waals surface area contributed by atoms with Crippen molar-refractivity contribution in [2.45, 2.75) is 26.3 Å². The molecule has 2 heterocycles. The number of amides is 1. The van der Waals surface area contributed by atoms with Crippen LogP contribution in [0.1, 0.15) is 41.4 Å². The molecule has 0 aliphatic heterocycles. The van der Waals surface area contributed by atoms with Gasteiger partial charge in [0.25, 0.3) is 5.91 Å². The van der Waals surface area contributed by atoms with E-state index in [1.807, 2.05) is 36.4 Å². The van der Waals surface area contributed by atoms with Crippen molar-refractivity contribution in [1.29, 1.82) is 0 Å². The Labute approximate surface area is 153 Å². The molecule has 0 aliphatic rings. The fourth-order valence-corrected chi connectivity index (χ4v) is 2.65. The maximum Gasteiger partial charge on any atom is 0.270 e. The normalized spacial score (nSPS) is 10.6. The molecule has 2 aromatic heterocycles. The van der Waals surface area contributed by atoms with Crippen LogP contribution in [0.25, 0.3) is 0 Å². The van der Waals surface area contributed by atoms with Crippen molar-refractivity contribution in [3.05, 3.63) is 83.9 Å². The van der Waals surface area contributed by atoms with E-state index in [9.17, 15) is 4.79 Å². The van der Waals surface area contributed by atoms with E-state index in [2.05, 4.69) is 40.5 Å². The molecular weight excluding hydrogens is 324 g/mol. The van der Waals surface area contributed by atoms with Gasteiger partial charge in [0.2, 0.25) is 0 Å². The Morgan fingerprint density at radius 3 is 2.58 bits per heavy atom. The average molecular weight is 346 g/mol. The lowest BCUT2D eigenvalue weighted by Gasteiger charge is -2.14. The number of para-hydroxylation sites is 1. The van der Waals surface area contributed by atoms with E-state index in [0.717, 1.165) is 16.9 Å². The number of benzene rings is 1. The van der Waals surface area contributed by atoms with Gasteiger partial charge in [-0.2, -0.15) is 0 Å². The molecule has 132 valence electrons. The monoisotopic (exact) mass is 346 g/mol. The fraction of sp³-hybridized carbons (Fsp3) is 0.190. The molecule has 0 fully saturated rings. The number of hydrogen-bond acceptors (Lipinski definition) is 4. The molecule has 0 unspecified atom stereocenters. The third kappa shape index (κ3) is 4.45. The molecule has 1 aromatic carbocycles. The molecule has 0 bridgehead atoms. The van der Waals surface area contributed by atoms with Gasteiger partial charge in [-0.15, -0.1) is 0 Å². The number of carbonyl (C=O) groups is 1. The van der Waals surface area contributed by atoms with E-state index >= 15 is 0 Å². The molecule has 3 rings (SSSR count). The van der Waals surface area contributed by atoms with Crippen LogP contribution in [0.2, 0.25) is 0 Å². The first-order valence-electron chi connectivity index (χ1n) is 8.62. The Morgan fingerprint density at radius 2 is 1.88 bits per heavy atom. The quantitative estimate of drug-likeness (QED) is 0.699. The maximum absolute atomic E-state index is 12.2. The maximum atomic E-state index is 12.2. The van der Waals surface area contributed by atoms with Crippen molar-refractivity contribution in [2.24, 2.45) is 0 Å². The Bertz CT molecular complexity index is 861. The predicted octanol–water partition coefficient (Wildman–Crippen LogP) is 4.27. The zero-order chi connectivity index (χ0) is 18.4. The zero-order valence-corrected chi connectivity index (χ0v) is 14.9. The SMILES string of the molecule is CC(C)c1ccccc1Nc1ccc(C(=O)NCc2cccnc2)nc1. The Hall–Kier alpha value is -3.21. The number of anilines is 2. The Morgan fingerprint density at radius 1 is 1.04 bits per heavy atom. The van der Waals surface area contributed by atoms with Gasteiger partial charge in [-0.3, -0.25) is 9.78 Å². The smallest absolute Gasteiger partial charge is 0.270 e. The van der Waals surface area contributed by atoms with Gasteiger partial charge in [-0.1, -0.05) is 38.1 Å². The van der Waals surface area contributed by atoms with E-state index in [0.29, 0.717) is 18.2 Å². The van der Waals surface area contributed by atoms with Crippen molar-refractivity contribution in [1.82, 2.24) is 15.3 Å². The highest BCUT2D eigenvalue weighted by molar-refractivity contribution is 5.92. The van der Waals surface area contributed by atoms with Crippen LogP contribution < -0.4 is 10.6 Å². The van der Waals surface area contributed by atoms with E-state index in [1.165, 1.54) is 5.56 Å². The molecule has 0 aliphatic carbocycles. The first-order valence-corrected chi connectivity index (χ1v) is 8.62. The Balaban J connectivity index is 1.64. The first-order chi connectivity index (χ1) is 12.6. The second kappa shape index (κ2) is 8.25. The van der Waals surface area contributed by atoms with Crippen LogP contribution >= 0.6 is 0 Å². The van der Waals surface area contributed by atoms with Crippen molar-refractivity contribution >= 4 is 17.3 Å². The molecule has 0 saturated heterocycles. The van der Waals surface area contributed by atoms with Crippen LogP contribution in [-0.2, 0) is 6.54 Å². The zero-order valence-electron chi connectivity index (χ0n) is 14.9. The third-order valence-electron chi connectivity index (χ3n) is 4.03. The minimum atomic E-state index is -0.206. The van der Waals surface area contributed by atoms with Crippen molar-refractivity contribution < 1.29 is 4.79 Å². The van der Waals surface area contributed by atoms with E-state index < -0.39 is 0 Å². The number of hydrogen-bond donors (Lipinski definition) is 2. The van der Waals surface area contributed by atoms with Crippen LogP contribution in [0.5, 0.6) is 0 Å². The summed E-state index contributed by atoms with van der Waals surface area (Å²) < 4.78 is 0. The Kier molecular flexibility index (Phi) is 5.59. The molecule has 2 N–H and O–H groups in total. The average Bonchev–Trinajstić information content (AvgIpc) is 2.68. The van der Waals surface area contributed by atoms with Crippen LogP contribution in [0.15, 0.2) is 67.1 Å². The van der Waals surface area contributed by atoms with E-state index in [-0.39, 0.29) is 5.91 Å². The lowest BCUT2D eigenvalue weighted by molar-refractivity contribution is 0.0946. The predicted molar refractivity (Wildman–Crippen MR) is 103 cm³/mol. The molecule has 0 atom stereocenters. The number of nitrogens with zero attached hydrogens (tertiary/aromatic N) is 2. The minimum absolute atomic E-state index is 0.206. The largest absolute Gasteiger partial charge is 0.354 e. The van der Waals surface area contributed by atoms with Crippen molar-refractivity contribution in [3.8, 4) is 0 Å². The molecule has 5 nitrogen and oxygen atoms in total. The van der Waals surface area contributed by atoms with Gasteiger partial charge in [-0.05, 0) is 41.3 Å². The van der Waals surface area contributed by atoms with Crippen LogP contribution in [0.4, 0.5) is 11.4 Å². The summed E-state index contributed by atoms with van der Waals surface area (Å²) in [6, 6.07) is 15.5. The van der Waals surface area contributed by atoms with Gasteiger partial charge in [0.15, 0.2) is 0 Å². The molecule has 26 heavy (non-hydrogen) atoms. The number of nitrogens with one attached hydrogen (secondary N) is 2. The summed E-state index contributed by atoms with van der Waals surface area (Å²) in [5, 5.41) is 6.22. The van der Waals surface area contributed by atoms with Gasteiger partial charge in [0, 0.05) is 24.6 Å². The van der Waals surface area contributed by atoms with Crippen molar-refractivity contribution in [3.63, 3.8) is 0 Å². The molecule has 0 spiro atoms. The van der Waals surface area contributed by atoms with Gasteiger partial charge >= 0.3 is 0 Å². The van der Waals surface area contributed by atoms with Crippen molar-refractivity contribution in [2.75, 3.05) is 5.32 Å². The molecular formula is C21H22N4O. The third-order valence-corrected chi connectivity index (χ3v) is 4.03. The van der Waals surface area contributed by atoms with Gasteiger partial charge < -0.3 is 10.6 Å². The number of aromatic nitrogens is 2. The van der Waals surface area contributed by atoms with Gasteiger partial charge in [0.05, 0.1) is 11.9 Å². The van der Waals surface area contributed by atoms with Crippen LogP contribution in [-0.4, -0.2) is 15.9 Å². The highest BCUT2D eigenvalue weighted by Crippen LogP contribution is 2.26. The lowest BCUT2D eigenvalue weighted by atomic mass is 10.0. The molecule has 0 saturated carbocycles. The first kappa shape index (κ1) is 17.6. The summed E-state index contributed by atoms with van der Waals surface area (Å²) >= 11 is 0. The highest BCUT2D eigenvalue weighted by atomic mass is 16.1. The number of carbonyl (C=O) groups excluding carboxylic acids is 1. The summed E-state index contributed by atoms with van der Waals surface area (Å²) in [6.07, 6.45) is 5.11. The summed E-state index contributed by atoms with van der Waals surface area (Å²) in [4.78, 5) is 20.5. The van der Waals surface area contributed by atoms with E-state index in [1.54, 1.807) is 24.7 Å². The standard InChI is InChI=1S/C21H22N4O/c1-15(2)18-7-3-4-8-19(18)25-17-9-10-20(23-14-17)21(26)24-13-16-6-5-11-22-12-16/h3-12,14-15,25H,13H2,1-2H3,(H,24,26). The van der Waals surface area contributed by atoms with Crippen LogP contribution in [0.3, 0.4) is 0 Å². The summed E-state index contributed by atoms with van der Waals surface area (Å²) in [6.45, 7) is 4.75. The minimum Gasteiger partial charge on any atom is -0.354 e. The molecule has 3 aromatic rings. The van der Waals surface area contributed by atoms with Gasteiger partial charge in [0.1, 0.15) is 5.69 Å². The van der Waals surface area contributed by atoms with E-state index in [4.69, 9.17) is 0 Å². The lowest BCUT2D eigenvalue weighted by Crippen LogP contribution is -2.23. The number of pyridine rings is 2. The topological polar surface area (TPSA) is 66.9 Å². The summed E-state index contributed by atoms with van der Waals surface area (Å²) in [5.74, 6) is 0.215. The molecule has 1 amide bonds. The van der Waals surface area contributed by atoms with Crippen LogP contribution in [0, 0.1) is 0 Å². The van der Waals surface area contributed by atoms with Gasteiger partial charge in [-0.25, -0.2) is 4.98 Å². The summed E-state index contributed by atoms with van der Waals surface area (Å²) in [5.41, 5.74) is 4.48. The fourth-order valence-electron chi connectivity index (χ4n) is 2.65. The number of rotatable bonds is 6. The molecule has 5 heteroatoms. The highest BCUT2D eigenvalue weighted by Gasteiger charge is 2.09. The molecule has 0 radical (unpaired) electrons.